The average molecular weight is 256 g/mol. The molecule has 1 aliphatic rings. The zero-order chi connectivity index (χ0) is 13.3. The lowest BCUT2D eigenvalue weighted by molar-refractivity contribution is 0.0673. The van der Waals surface area contributed by atoms with Gasteiger partial charge in [-0.05, 0) is 18.9 Å². The van der Waals surface area contributed by atoms with Gasteiger partial charge in [-0.1, -0.05) is 0 Å². The highest BCUT2D eigenvalue weighted by Crippen LogP contribution is 2.23. The van der Waals surface area contributed by atoms with Crippen LogP contribution in [0.2, 0.25) is 0 Å². The number of carbonyl (C=O) groups is 1. The molecule has 1 atom stereocenters. The number of benzene rings is 1. The van der Waals surface area contributed by atoms with E-state index in [9.17, 15) is 13.6 Å². The lowest BCUT2D eigenvalue weighted by Crippen LogP contribution is -2.38. The van der Waals surface area contributed by atoms with Gasteiger partial charge >= 0.3 is 0 Å². The van der Waals surface area contributed by atoms with Crippen LogP contribution in [0.1, 0.15) is 23.2 Å². The maximum atomic E-state index is 13.6. The third-order valence-corrected chi connectivity index (χ3v) is 3.17. The Kier molecular flexibility index (Phi) is 3.47. The van der Waals surface area contributed by atoms with Crippen LogP contribution in [-0.4, -0.2) is 35.1 Å². The molecule has 1 fully saturated rings. The van der Waals surface area contributed by atoms with Gasteiger partial charge in [0.1, 0.15) is 11.6 Å². The monoisotopic (exact) mass is 256 g/mol. The summed E-state index contributed by atoms with van der Waals surface area (Å²) in [5.74, 6) is -2.38. The Morgan fingerprint density at radius 3 is 2.83 bits per heavy atom. The fourth-order valence-electron chi connectivity index (χ4n) is 2.18. The molecule has 1 heterocycles. The minimum absolute atomic E-state index is 0.163. The molecule has 1 saturated heterocycles. The average Bonchev–Trinajstić information content (AvgIpc) is 2.81. The van der Waals surface area contributed by atoms with Crippen molar-refractivity contribution in [2.75, 3.05) is 18.9 Å². The quantitative estimate of drug-likeness (QED) is 0.780. The number of anilines is 1. The van der Waals surface area contributed by atoms with Gasteiger partial charge in [0.05, 0.1) is 23.9 Å². The van der Waals surface area contributed by atoms with E-state index < -0.39 is 17.5 Å². The number of nitrogens with two attached hydrogens (primary N) is 1. The summed E-state index contributed by atoms with van der Waals surface area (Å²) in [4.78, 5) is 13.5. The standard InChI is InChI=1S/C12H14F2N2O2/c13-9-5-10(14)11(15)4-8(9)12(18)16-3-1-2-7(16)6-17/h4-5,7,17H,1-3,6,15H2. The van der Waals surface area contributed by atoms with Gasteiger partial charge in [0.15, 0.2) is 0 Å². The first-order valence-electron chi connectivity index (χ1n) is 5.71. The number of halogens is 2. The lowest BCUT2D eigenvalue weighted by atomic mass is 10.1. The van der Waals surface area contributed by atoms with Crippen LogP contribution < -0.4 is 5.73 Å². The third-order valence-electron chi connectivity index (χ3n) is 3.17. The summed E-state index contributed by atoms with van der Waals surface area (Å²) < 4.78 is 26.6. The van der Waals surface area contributed by atoms with E-state index >= 15 is 0 Å². The molecule has 1 amide bonds. The molecule has 0 radical (unpaired) electrons. The van der Waals surface area contributed by atoms with Gasteiger partial charge in [0, 0.05) is 12.6 Å². The van der Waals surface area contributed by atoms with Crippen molar-refractivity contribution in [3.05, 3.63) is 29.3 Å². The normalized spacial score (nSPS) is 19.3. The molecule has 4 nitrogen and oxygen atoms in total. The largest absolute Gasteiger partial charge is 0.396 e. The number of hydrogen-bond acceptors (Lipinski definition) is 3. The molecule has 0 spiro atoms. The van der Waals surface area contributed by atoms with E-state index in [0.29, 0.717) is 19.0 Å². The van der Waals surface area contributed by atoms with Gasteiger partial charge in [-0.3, -0.25) is 4.79 Å². The Bertz CT molecular complexity index is 479. The smallest absolute Gasteiger partial charge is 0.257 e. The summed E-state index contributed by atoms with van der Waals surface area (Å²) in [6, 6.07) is 1.30. The maximum absolute atomic E-state index is 13.6. The second kappa shape index (κ2) is 4.89. The van der Waals surface area contributed by atoms with Gasteiger partial charge in [-0.25, -0.2) is 8.78 Å². The van der Waals surface area contributed by atoms with Crippen LogP contribution in [-0.2, 0) is 0 Å². The summed E-state index contributed by atoms with van der Waals surface area (Å²) in [6.07, 6.45) is 1.44. The first kappa shape index (κ1) is 12.8. The zero-order valence-corrected chi connectivity index (χ0v) is 9.70. The summed E-state index contributed by atoms with van der Waals surface area (Å²) in [6.45, 7) is 0.296. The van der Waals surface area contributed by atoms with Gasteiger partial charge in [0.2, 0.25) is 0 Å². The fraction of sp³-hybridized carbons (Fsp3) is 0.417. The highest BCUT2D eigenvalue weighted by atomic mass is 19.1. The molecule has 2 rings (SSSR count). The van der Waals surface area contributed by atoms with Crippen LogP contribution in [0.5, 0.6) is 0 Å². The first-order chi connectivity index (χ1) is 8.54. The van der Waals surface area contributed by atoms with Crippen LogP contribution in [0.3, 0.4) is 0 Å². The van der Waals surface area contributed by atoms with Crippen molar-refractivity contribution in [2.24, 2.45) is 0 Å². The first-order valence-corrected chi connectivity index (χ1v) is 5.71. The molecule has 1 aromatic rings. The Morgan fingerprint density at radius 1 is 1.44 bits per heavy atom. The number of likely N-dealkylation sites (tertiary alicyclic amines) is 1. The predicted molar refractivity (Wildman–Crippen MR) is 61.9 cm³/mol. The van der Waals surface area contributed by atoms with Crippen LogP contribution in [0.4, 0.5) is 14.5 Å². The topological polar surface area (TPSA) is 66.6 Å². The molecule has 1 aliphatic heterocycles. The van der Waals surface area contributed by atoms with E-state index in [1.165, 1.54) is 4.90 Å². The Labute approximate surface area is 103 Å². The van der Waals surface area contributed by atoms with E-state index in [0.717, 1.165) is 12.5 Å². The SMILES string of the molecule is Nc1cc(C(=O)N2CCCC2CO)c(F)cc1F. The van der Waals surface area contributed by atoms with Crippen LogP contribution in [0.25, 0.3) is 0 Å². The summed E-state index contributed by atoms with van der Waals surface area (Å²) in [5, 5.41) is 9.13. The number of amides is 1. The lowest BCUT2D eigenvalue weighted by Gasteiger charge is -2.23. The Morgan fingerprint density at radius 2 is 2.17 bits per heavy atom. The molecule has 0 bridgehead atoms. The predicted octanol–water partition coefficient (Wildman–Crippen LogP) is 1.14. The molecular weight excluding hydrogens is 242 g/mol. The number of carbonyl (C=O) groups excluding carboxylic acids is 1. The van der Waals surface area contributed by atoms with Gasteiger partial charge in [0.25, 0.3) is 5.91 Å². The second-order valence-corrected chi connectivity index (χ2v) is 4.33. The second-order valence-electron chi connectivity index (χ2n) is 4.33. The molecule has 1 aromatic carbocycles. The highest BCUT2D eigenvalue weighted by molar-refractivity contribution is 5.95. The summed E-state index contributed by atoms with van der Waals surface area (Å²) in [7, 11) is 0. The van der Waals surface area contributed by atoms with E-state index in [-0.39, 0.29) is 23.9 Å². The number of aliphatic hydroxyl groups excluding tert-OH is 1. The van der Waals surface area contributed by atoms with E-state index in [2.05, 4.69) is 0 Å². The number of nitrogens with zero attached hydrogens (tertiary/aromatic N) is 1. The van der Waals surface area contributed by atoms with Crippen LogP contribution >= 0.6 is 0 Å². The maximum Gasteiger partial charge on any atom is 0.257 e. The Hall–Kier alpha value is -1.69. The van der Waals surface area contributed by atoms with Crippen LogP contribution in [0, 0.1) is 11.6 Å². The number of rotatable bonds is 2. The van der Waals surface area contributed by atoms with Gasteiger partial charge in [-0.15, -0.1) is 0 Å². The van der Waals surface area contributed by atoms with Crippen molar-refractivity contribution in [2.45, 2.75) is 18.9 Å². The number of nitrogen functional groups attached to an aromatic ring is 1. The van der Waals surface area contributed by atoms with Gasteiger partial charge in [-0.2, -0.15) is 0 Å². The zero-order valence-electron chi connectivity index (χ0n) is 9.70. The van der Waals surface area contributed by atoms with Crippen LogP contribution in [0.15, 0.2) is 12.1 Å². The molecule has 1 unspecified atom stereocenters. The third kappa shape index (κ3) is 2.15. The molecule has 0 saturated carbocycles. The van der Waals surface area contributed by atoms with Crippen molar-refractivity contribution < 1.29 is 18.7 Å². The summed E-state index contributed by atoms with van der Waals surface area (Å²) >= 11 is 0. The van der Waals surface area contributed by atoms with E-state index in [4.69, 9.17) is 10.8 Å². The van der Waals surface area contributed by atoms with E-state index in [1.807, 2.05) is 0 Å². The number of aliphatic hydroxyl groups is 1. The molecule has 6 heteroatoms. The van der Waals surface area contributed by atoms with Crippen molar-refractivity contribution in [1.29, 1.82) is 0 Å². The molecule has 18 heavy (non-hydrogen) atoms. The fourth-order valence-corrected chi connectivity index (χ4v) is 2.18. The molecule has 3 N–H and O–H groups in total. The summed E-state index contributed by atoms with van der Waals surface area (Å²) in [5.41, 5.74) is 4.81. The van der Waals surface area contributed by atoms with Gasteiger partial charge < -0.3 is 15.7 Å². The molecular formula is C12H14F2N2O2. The van der Waals surface area contributed by atoms with Crippen molar-refractivity contribution in [3.8, 4) is 0 Å². The van der Waals surface area contributed by atoms with E-state index in [1.54, 1.807) is 0 Å². The number of hydrogen-bond donors (Lipinski definition) is 2. The minimum Gasteiger partial charge on any atom is -0.396 e. The van der Waals surface area contributed by atoms with Crippen molar-refractivity contribution >= 4 is 11.6 Å². The molecule has 0 aliphatic carbocycles. The minimum atomic E-state index is -0.935. The molecule has 98 valence electrons. The Balaban J connectivity index is 2.31. The van der Waals surface area contributed by atoms with Crippen molar-refractivity contribution in [1.82, 2.24) is 4.90 Å². The highest BCUT2D eigenvalue weighted by Gasteiger charge is 2.30. The van der Waals surface area contributed by atoms with Crippen molar-refractivity contribution in [3.63, 3.8) is 0 Å². The molecule has 0 aromatic heterocycles.